The van der Waals surface area contributed by atoms with E-state index in [9.17, 15) is 5.11 Å². The van der Waals surface area contributed by atoms with Gasteiger partial charge in [0.2, 0.25) is 0 Å². The van der Waals surface area contributed by atoms with Crippen LogP contribution in [0.5, 0.6) is 0 Å². The monoisotopic (exact) mass is 158 g/mol. The lowest BCUT2D eigenvalue weighted by molar-refractivity contribution is -0.0614. The molecular formula is C9H18O2. The molecule has 0 saturated heterocycles. The van der Waals surface area contributed by atoms with E-state index in [2.05, 4.69) is 0 Å². The molecule has 1 aliphatic carbocycles. The van der Waals surface area contributed by atoms with Crippen LogP contribution in [-0.4, -0.2) is 22.4 Å². The average molecular weight is 158 g/mol. The van der Waals surface area contributed by atoms with E-state index < -0.39 is 5.60 Å². The van der Waals surface area contributed by atoms with E-state index in [1.165, 1.54) is 6.42 Å². The minimum Gasteiger partial charge on any atom is -0.396 e. The molecule has 0 heterocycles. The molecule has 0 aromatic rings. The van der Waals surface area contributed by atoms with Crippen molar-refractivity contribution in [2.45, 2.75) is 38.7 Å². The molecule has 0 radical (unpaired) electrons. The fourth-order valence-electron chi connectivity index (χ4n) is 2.01. The van der Waals surface area contributed by atoms with E-state index in [1.54, 1.807) is 0 Å². The largest absolute Gasteiger partial charge is 0.396 e. The van der Waals surface area contributed by atoms with Crippen LogP contribution in [0.2, 0.25) is 0 Å². The van der Waals surface area contributed by atoms with Crippen molar-refractivity contribution in [3.05, 3.63) is 0 Å². The van der Waals surface area contributed by atoms with Gasteiger partial charge in [0.05, 0.1) is 5.60 Å². The Morgan fingerprint density at radius 1 is 1.36 bits per heavy atom. The van der Waals surface area contributed by atoms with Gasteiger partial charge in [-0.15, -0.1) is 0 Å². The van der Waals surface area contributed by atoms with E-state index in [4.69, 9.17) is 5.11 Å². The molecule has 1 fully saturated rings. The van der Waals surface area contributed by atoms with Crippen LogP contribution < -0.4 is 0 Å². The van der Waals surface area contributed by atoms with Crippen molar-refractivity contribution >= 4 is 0 Å². The van der Waals surface area contributed by atoms with Crippen molar-refractivity contribution in [2.24, 2.45) is 11.8 Å². The van der Waals surface area contributed by atoms with Crippen LogP contribution in [0, 0.1) is 11.8 Å². The zero-order chi connectivity index (χ0) is 8.48. The molecule has 2 atom stereocenters. The van der Waals surface area contributed by atoms with Gasteiger partial charge in [-0.2, -0.15) is 0 Å². The first kappa shape index (κ1) is 9.01. The van der Waals surface area contributed by atoms with Crippen LogP contribution in [0.25, 0.3) is 0 Å². The standard InChI is InChI=1S/C9H18O2/c1-9(2,11)8-4-3-7(8)5-6-10/h7-8,10-11H,3-6H2,1-2H3. The van der Waals surface area contributed by atoms with Gasteiger partial charge in [-0.3, -0.25) is 0 Å². The molecule has 0 bridgehead atoms. The highest BCUT2D eigenvalue weighted by Gasteiger charge is 2.39. The Labute approximate surface area is 68.2 Å². The van der Waals surface area contributed by atoms with E-state index in [1.807, 2.05) is 13.8 Å². The summed E-state index contributed by atoms with van der Waals surface area (Å²) in [5.74, 6) is 0.967. The smallest absolute Gasteiger partial charge is 0.0622 e. The zero-order valence-corrected chi connectivity index (χ0v) is 7.38. The SMILES string of the molecule is CC(C)(O)C1CCC1CCO. The Hall–Kier alpha value is -0.0800. The molecule has 1 aliphatic rings. The molecule has 11 heavy (non-hydrogen) atoms. The van der Waals surface area contributed by atoms with Crippen molar-refractivity contribution in [3.8, 4) is 0 Å². The van der Waals surface area contributed by atoms with Gasteiger partial charge in [0.25, 0.3) is 0 Å². The first-order valence-corrected chi connectivity index (χ1v) is 4.39. The number of rotatable bonds is 3. The molecule has 66 valence electrons. The third kappa shape index (κ3) is 1.94. The highest BCUT2D eigenvalue weighted by atomic mass is 16.3. The maximum Gasteiger partial charge on any atom is 0.0622 e. The number of aliphatic hydroxyl groups excluding tert-OH is 1. The van der Waals surface area contributed by atoms with Gasteiger partial charge < -0.3 is 10.2 Å². The lowest BCUT2D eigenvalue weighted by Crippen LogP contribution is -2.43. The fourth-order valence-corrected chi connectivity index (χ4v) is 2.01. The summed E-state index contributed by atoms with van der Waals surface area (Å²) in [6.45, 7) is 3.99. The van der Waals surface area contributed by atoms with Crippen LogP contribution in [0.3, 0.4) is 0 Å². The van der Waals surface area contributed by atoms with Crippen molar-refractivity contribution in [3.63, 3.8) is 0 Å². The summed E-state index contributed by atoms with van der Waals surface area (Å²) in [6, 6.07) is 0. The normalized spacial score (nSPS) is 31.6. The van der Waals surface area contributed by atoms with Gasteiger partial charge in [0.1, 0.15) is 0 Å². The van der Waals surface area contributed by atoms with Crippen LogP contribution >= 0.6 is 0 Å². The molecule has 0 aromatic carbocycles. The highest BCUT2D eigenvalue weighted by Crippen LogP contribution is 2.43. The van der Waals surface area contributed by atoms with Crippen LogP contribution in [0.1, 0.15) is 33.1 Å². The number of hydrogen-bond acceptors (Lipinski definition) is 2. The first-order valence-electron chi connectivity index (χ1n) is 4.39. The topological polar surface area (TPSA) is 40.5 Å². The van der Waals surface area contributed by atoms with Gasteiger partial charge in [0, 0.05) is 6.61 Å². The molecule has 2 heteroatoms. The molecule has 0 spiro atoms. The predicted octanol–water partition coefficient (Wildman–Crippen LogP) is 1.17. The summed E-state index contributed by atoms with van der Waals surface area (Å²) in [6.07, 6.45) is 3.15. The lowest BCUT2D eigenvalue weighted by atomic mass is 9.65. The minimum atomic E-state index is -0.544. The van der Waals surface area contributed by atoms with Gasteiger partial charge in [-0.1, -0.05) is 0 Å². The molecule has 0 aliphatic heterocycles. The van der Waals surface area contributed by atoms with Crippen molar-refractivity contribution in [2.75, 3.05) is 6.61 Å². The van der Waals surface area contributed by atoms with Crippen molar-refractivity contribution in [1.29, 1.82) is 0 Å². The van der Waals surface area contributed by atoms with Crippen LogP contribution in [-0.2, 0) is 0 Å². The second kappa shape index (κ2) is 3.11. The quantitative estimate of drug-likeness (QED) is 0.647. The predicted molar refractivity (Wildman–Crippen MR) is 44.2 cm³/mol. The summed E-state index contributed by atoms with van der Waals surface area (Å²) in [7, 11) is 0. The van der Waals surface area contributed by atoms with Crippen LogP contribution in [0.4, 0.5) is 0 Å². The van der Waals surface area contributed by atoms with Crippen molar-refractivity contribution < 1.29 is 10.2 Å². The third-order valence-corrected chi connectivity index (χ3v) is 2.82. The Bertz CT molecular complexity index is 126. The minimum absolute atomic E-state index is 0.261. The Kier molecular flexibility index (Phi) is 2.55. The fraction of sp³-hybridized carbons (Fsp3) is 1.00. The Morgan fingerprint density at radius 3 is 2.27 bits per heavy atom. The van der Waals surface area contributed by atoms with Crippen LogP contribution in [0.15, 0.2) is 0 Å². The summed E-state index contributed by atoms with van der Waals surface area (Å²) in [4.78, 5) is 0. The van der Waals surface area contributed by atoms with E-state index in [0.29, 0.717) is 11.8 Å². The Balaban J connectivity index is 2.37. The first-order chi connectivity index (χ1) is 5.05. The van der Waals surface area contributed by atoms with E-state index >= 15 is 0 Å². The molecule has 2 nitrogen and oxygen atoms in total. The summed E-state index contributed by atoms with van der Waals surface area (Å²) < 4.78 is 0. The molecule has 2 unspecified atom stereocenters. The third-order valence-electron chi connectivity index (χ3n) is 2.82. The molecule has 0 aromatic heterocycles. The second-order valence-electron chi connectivity index (χ2n) is 4.11. The average Bonchev–Trinajstić information content (AvgIpc) is 1.75. The summed E-state index contributed by atoms with van der Waals surface area (Å²) in [5, 5.41) is 18.4. The number of hydrogen-bond donors (Lipinski definition) is 2. The van der Waals surface area contributed by atoms with Gasteiger partial charge >= 0.3 is 0 Å². The van der Waals surface area contributed by atoms with Gasteiger partial charge in [-0.05, 0) is 44.9 Å². The lowest BCUT2D eigenvalue weighted by Gasteiger charge is -2.44. The van der Waals surface area contributed by atoms with Crippen molar-refractivity contribution in [1.82, 2.24) is 0 Å². The maximum atomic E-state index is 9.65. The Morgan fingerprint density at radius 2 is 2.00 bits per heavy atom. The van der Waals surface area contributed by atoms with E-state index in [-0.39, 0.29) is 6.61 Å². The molecule has 1 saturated carbocycles. The van der Waals surface area contributed by atoms with Gasteiger partial charge in [-0.25, -0.2) is 0 Å². The molecular weight excluding hydrogens is 140 g/mol. The summed E-state index contributed by atoms with van der Waals surface area (Å²) >= 11 is 0. The zero-order valence-electron chi connectivity index (χ0n) is 7.38. The van der Waals surface area contributed by atoms with E-state index in [0.717, 1.165) is 12.8 Å². The molecule has 2 N–H and O–H groups in total. The number of aliphatic hydroxyl groups is 2. The summed E-state index contributed by atoms with van der Waals surface area (Å²) in [5.41, 5.74) is -0.544. The second-order valence-corrected chi connectivity index (χ2v) is 4.11. The highest BCUT2D eigenvalue weighted by molar-refractivity contribution is 4.90. The molecule has 1 rings (SSSR count). The molecule has 0 amide bonds. The maximum absolute atomic E-state index is 9.65. The van der Waals surface area contributed by atoms with Gasteiger partial charge in [0.15, 0.2) is 0 Å².